The lowest BCUT2D eigenvalue weighted by atomic mass is 9.33. The average Bonchev–Trinajstić information content (AvgIpc) is 3.67. The Kier molecular flexibility index (Phi) is 8.99. The van der Waals surface area contributed by atoms with Gasteiger partial charge in [-0.2, -0.15) is 0 Å². The second kappa shape index (κ2) is 14.4. The van der Waals surface area contributed by atoms with E-state index in [1.807, 2.05) is 6.07 Å². The predicted molar refractivity (Wildman–Crippen MR) is 275 cm³/mol. The Bertz CT molecular complexity index is 3280. The minimum atomic E-state index is -0.124. The molecule has 0 bridgehead atoms. The number of anilines is 6. The fourth-order valence-electron chi connectivity index (χ4n) is 10.2. The van der Waals surface area contributed by atoms with Gasteiger partial charge < -0.3 is 14.2 Å². The Hall–Kier alpha value is -6.78. The number of hydrogen-bond donors (Lipinski definition) is 0. The highest BCUT2D eigenvalue weighted by Crippen LogP contribution is 2.48. The molecule has 0 amide bonds. The molecular formula is C60H55BN2O. The molecule has 0 fully saturated rings. The summed E-state index contributed by atoms with van der Waals surface area (Å²) in [5.41, 5.74) is 21.4. The third-order valence-electron chi connectivity index (χ3n) is 13.7. The second-order valence-electron chi connectivity index (χ2n) is 21.1. The molecule has 0 spiro atoms. The van der Waals surface area contributed by atoms with Crippen molar-refractivity contribution in [3.8, 4) is 22.3 Å². The first-order chi connectivity index (χ1) is 30.6. The third kappa shape index (κ3) is 6.49. The molecule has 3 nitrogen and oxygen atoms in total. The van der Waals surface area contributed by atoms with Crippen LogP contribution in [0.25, 0.3) is 44.2 Å². The fraction of sp³-hybridized carbons (Fsp3) is 0.200. The molecule has 2 aliphatic heterocycles. The molecule has 4 heteroatoms. The van der Waals surface area contributed by atoms with Gasteiger partial charge >= 0.3 is 0 Å². The standard InChI is InChI=1S/C60H55BN2O/c1-58(2,3)41-26-29-44(30-27-41)62-51-31-25-39(38-17-11-10-12-18-38)34-49(51)61-50-35-42(59(4,5)6)28-32-52(50)63(54-37-43(60(7,8)9)36-53(62)56(54)61)45-20-15-19-40(33-45)46-22-16-23-48-47-21-13-14-24-55(47)64-57(46)48/h10-37H,1-9H3. The molecule has 0 N–H and O–H groups in total. The smallest absolute Gasteiger partial charge is 0.252 e. The maximum Gasteiger partial charge on any atom is 0.252 e. The summed E-state index contributed by atoms with van der Waals surface area (Å²) in [6, 6.07) is 63.6. The Morgan fingerprint density at radius 1 is 0.391 bits per heavy atom. The SMILES string of the molecule is CC(C)(C)c1ccc(N2c3ccc(-c4ccccc4)cc3B3c4cc(C(C)(C)C)ccc4N(c4cccc(-c5cccc6c5oc5ccccc56)c4)c4cc(C(C)(C)C)cc2c43)cc1. The van der Waals surface area contributed by atoms with Crippen LogP contribution in [0.15, 0.2) is 174 Å². The molecule has 0 atom stereocenters. The van der Waals surface area contributed by atoms with Gasteiger partial charge in [-0.25, -0.2) is 0 Å². The van der Waals surface area contributed by atoms with E-state index in [0.717, 1.165) is 44.4 Å². The summed E-state index contributed by atoms with van der Waals surface area (Å²) in [5.74, 6) is 0. The molecule has 64 heavy (non-hydrogen) atoms. The number of furan rings is 1. The van der Waals surface area contributed by atoms with Crippen molar-refractivity contribution >= 4 is 79.2 Å². The number of fused-ring (bicyclic) bond motifs is 7. The monoisotopic (exact) mass is 830 g/mol. The molecule has 11 rings (SSSR count). The largest absolute Gasteiger partial charge is 0.455 e. The van der Waals surface area contributed by atoms with Gasteiger partial charge in [0.15, 0.2) is 0 Å². The van der Waals surface area contributed by atoms with Crippen LogP contribution >= 0.6 is 0 Å². The molecule has 3 heterocycles. The van der Waals surface area contributed by atoms with E-state index in [9.17, 15) is 0 Å². The fourth-order valence-corrected chi connectivity index (χ4v) is 10.2. The molecule has 2 aliphatic rings. The van der Waals surface area contributed by atoms with Gasteiger partial charge in [-0.15, -0.1) is 0 Å². The highest BCUT2D eigenvalue weighted by Gasteiger charge is 2.45. The van der Waals surface area contributed by atoms with Gasteiger partial charge in [-0.3, -0.25) is 0 Å². The van der Waals surface area contributed by atoms with Crippen LogP contribution in [0.4, 0.5) is 34.1 Å². The molecule has 0 unspecified atom stereocenters. The van der Waals surface area contributed by atoms with Crippen molar-refractivity contribution in [1.29, 1.82) is 0 Å². The molecular weight excluding hydrogens is 775 g/mol. The maximum atomic E-state index is 6.62. The highest BCUT2D eigenvalue weighted by molar-refractivity contribution is 7.00. The summed E-state index contributed by atoms with van der Waals surface area (Å²) in [4.78, 5) is 5.11. The van der Waals surface area contributed by atoms with Crippen LogP contribution in [0.2, 0.25) is 0 Å². The normalized spacial score (nSPS) is 13.6. The third-order valence-corrected chi connectivity index (χ3v) is 13.7. The molecule has 0 radical (unpaired) electrons. The van der Waals surface area contributed by atoms with E-state index < -0.39 is 0 Å². The van der Waals surface area contributed by atoms with E-state index in [1.165, 1.54) is 67.0 Å². The van der Waals surface area contributed by atoms with Gasteiger partial charge in [0.25, 0.3) is 6.71 Å². The van der Waals surface area contributed by atoms with Crippen LogP contribution in [0.3, 0.4) is 0 Å². The molecule has 8 aromatic carbocycles. The topological polar surface area (TPSA) is 19.6 Å². The van der Waals surface area contributed by atoms with Crippen molar-refractivity contribution in [2.45, 2.75) is 78.6 Å². The zero-order valence-electron chi connectivity index (χ0n) is 38.5. The summed E-state index contributed by atoms with van der Waals surface area (Å²) < 4.78 is 6.62. The van der Waals surface area contributed by atoms with Gasteiger partial charge in [0, 0.05) is 50.5 Å². The van der Waals surface area contributed by atoms with Crippen LogP contribution < -0.4 is 26.2 Å². The zero-order chi connectivity index (χ0) is 44.3. The van der Waals surface area contributed by atoms with Crippen molar-refractivity contribution in [3.63, 3.8) is 0 Å². The van der Waals surface area contributed by atoms with Crippen molar-refractivity contribution in [2.24, 2.45) is 0 Å². The van der Waals surface area contributed by atoms with Crippen LogP contribution in [-0.4, -0.2) is 6.71 Å². The molecule has 1 aromatic heterocycles. The number of hydrogen-bond acceptors (Lipinski definition) is 3. The van der Waals surface area contributed by atoms with E-state index in [1.54, 1.807) is 0 Å². The van der Waals surface area contributed by atoms with Gasteiger partial charge in [-0.05, 0) is 121 Å². The van der Waals surface area contributed by atoms with Crippen molar-refractivity contribution in [1.82, 2.24) is 0 Å². The predicted octanol–water partition coefficient (Wildman–Crippen LogP) is 14.9. The van der Waals surface area contributed by atoms with E-state index in [2.05, 4.69) is 236 Å². The number of nitrogens with zero attached hydrogens (tertiary/aromatic N) is 2. The van der Waals surface area contributed by atoms with E-state index in [4.69, 9.17) is 4.42 Å². The minimum Gasteiger partial charge on any atom is -0.455 e. The molecule has 9 aromatic rings. The zero-order valence-corrected chi connectivity index (χ0v) is 38.5. The lowest BCUT2D eigenvalue weighted by Gasteiger charge is -2.45. The molecule has 0 saturated heterocycles. The van der Waals surface area contributed by atoms with Crippen molar-refractivity contribution in [3.05, 3.63) is 187 Å². The van der Waals surface area contributed by atoms with Gasteiger partial charge in [0.05, 0.1) is 0 Å². The van der Waals surface area contributed by atoms with Crippen molar-refractivity contribution in [2.75, 3.05) is 9.80 Å². The molecule has 0 saturated carbocycles. The lowest BCUT2D eigenvalue weighted by molar-refractivity contribution is 0.590. The quantitative estimate of drug-likeness (QED) is 0.165. The summed E-state index contributed by atoms with van der Waals surface area (Å²) in [5, 5.41) is 2.27. The molecule has 0 aliphatic carbocycles. The maximum absolute atomic E-state index is 6.62. The first kappa shape index (κ1) is 40.0. The Morgan fingerprint density at radius 2 is 0.969 bits per heavy atom. The van der Waals surface area contributed by atoms with Crippen LogP contribution in [-0.2, 0) is 16.2 Å². The summed E-state index contributed by atoms with van der Waals surface area (Å²) in [6.45, 7) is 20.9. The Balaban J connectivity index is 1.21. The van der Waals surface area contributed by atoms with Crippen LogP contribution in [0, 0.1) is 0 Å². The van der Waals surface area contributed by atoms with Gasteiger partial charge in [-0.1, -0.05) is 178 Å². The Labute approximate surface area is 379 Å². The van der Waals surface area contributed by atoms with Gasteiger partial charge in [0.2, 0.25) is 0 Å². The number of rotatable bonds is 4. The van der Waals surface area contributed by atoms with E-state index in [-0.39, 0.29) is 23.0 Å². The Morgan fingerprint density at radius 3 is 1.67 bits per heavy atom. The summed E-state index contributed by atoms with van der Waals surface area (Å²) in [6.07, 6.45) is 0. The number of benzene rings is 8. The first-order valence-electron chi connectivity index (χ1n) is 22.9. The highest BCUT2D eigenvalue weighted by atomic mass is 16.3. The second-order valence-corrected chi connectivity index (χ2v) is 21.1. The average molecular weight is 831 g/mol. The van der Waals surface area contributed by atoms with E-state index >= 15 is 0 Å². The summed E-state index contributed by atoms with van der Waals surface area (Å²) in [7, 11) is 0. The van der Waals surface area contributed by atoms with Crippen LogP contribution in [0.1, 0.15) is 79.0 Å². The first-order valence-corrected chi connectivity index (χ1v) is 22.9. The minimum absolute atomic E-state index is 0.0104. The van der Waals surface area contributed by atoms with E-state index in [0.29, 0.717) is 0 Å². The number of para-hydroxylation sites is 2. The van der Waals surface area contributed by atoms with Gasteiger partial charge in [0.1, 0.15) is 11.2 Å². The lowest BCUT2D eigenvalue weighted by Crippen LogP contribution is -2.61. The molecule has 314 valence electrons. The summed E-state index contributed by atoms with van der Waals surface area (Å²) >= 11 is 0. The van der Waals surface area contributed by atoms with Crippen molar-refractivity contribution < 1.29 is 4.42 Å². The van der Waals surface area contributed by atoms with Crippen LogP contribution in [0.5, 0.6) is 0 Å².